The molecule has 0 spiro atoms. The minimum atomic E-state index is -1.05. The first-order chi connectivity index (χ1) is 7.44. The Hall–Kier alpha value is -1.33. The first kappa shape index (κ1) is 12.7. The van der Waals surface area contributed by atoms with Gasteiger partial charge in [0.05, 0.1) is 13.2 Å². The standard InChI is InChI=1S/C11H17NO4/c1-11(2,7-15-3)12-6-8-4-5-9(16-8)10(13)14/h4-5,12H,6-7H2,1-3H3,(H,13,14). The van der Waals surface area contributed by atoms with Crippen molar-refractivity contribution in [3.63, 3.8) is 0 Å². The molecule has 0 saturated heterocycles. The van der Waals surface area contributed by atoms with E-state index in [0.717, 1.165) is 0 Å². The van der Waals surface area contributed by atoms with Crippen LogP contribution in [0.25, 0.3) is 0 Å². The van der Waals surface area contributed by atoms with E-state index in [0.29, 0.717) is 18.9 Å². The number of rotatable bonds is 6. The van der Waals surface area contributed by atoms with Gasteiger partial charge in [-0.25, -0.2) is 4.79 Å². The van der Waals surface area contributed by atoms with Gasteiger partial charge in [-0.1, -0.05) is 0 Å². The van der Waals surface area contributed by atoms with Crippen LogP contribution in [-0.2, 0) is 11.3 Å². The van der Waals surface area contributed by atoms with Crippen LogP contribution in [0.4, 0.5) is 0 Å². The molecule has 0 aliphatic heterocycles. The quantitative estimate of drug-likeness (QED) is 0.770. The maximum absolute atomic E-state index is 10.6. The molecule has 2 N–H and O–H groups in total. The van der Waals surface area contributed by atoms with Gasteiger partial charge in [0.25, 0.3) is 0 Å². The van der Waals surface area contributed by atoms with Gasteiger partial charge in [-0.15, -0.1) is 0 Å². The third-order valence-corrected chi connectivity index (χ3v) is 2.12. The monoisotopic (exact) mass is 227 g/mol. The Morgan fingerprint density at radius 3 is 2.75 bits per heavy atom. The van der Waals surface area contributed by atoms with Gasteiger partial charge >= 0.3 is 5.97 Å². The van der Waals surface area contributed by atoms with E-state index < -0.39 is 5.97 Å². The van der Waals surface area contributed by atoms with Crippen molar-refractivity contribution in [2.75, 3.05) is 13.7 Å². The van der Waals surface area contributed by atoms with Gasteiger partial charge < -0.3 is 19.6 Å². The van der Waals surface area contributed by atoms with Crippen molar-refractivity contribution in [3.05, 3.63) is 23.7 Å². The van der Waals surface area contributed by atoms with E-state index in [1.807, 2.05) is 13.8 Å². The topological polar surface area (TPSA) is 71.7 Å². The van der Waals surface area contributed by atoms with Gasteiger partial charge in [0.1, 0.15) is 5.76 Å². The predicted molar refractivity (Wildman–Crippen MR) is 58.5 cm³/mol. The van der Waals surface area contributed by atoms with Gasteiger partial charge in [0.2, 0.25) is 5.76 Å². The highest BCUT2D eigenvalue weighted by atomic mass is 16.5. The van der Waals surface area contributed by atoms with Gasteiger partial charge in [0.15, 0.2) is 0 Å². The summed E-state index contributed by atoms with van der Waals surface area (Å²) in [4.78, 5) is 10.6. The minimum absolute atomic E-state index is 0.0404. The lowest BCUT2D eigenvalue weighted by molar-refractivity contribution is 0.0659. The fourth-order valence-electron chi connectivity index (χ4n) is 1.33. The van der Waals surface area contributed by atoms with E-state index in [1.54, 1.807) is 13.2 Å². The molecule has 0 atom stereocenters. The Bertz CT molecular complexity index is 357. The second kappa shape index (κ2) is 5.14. The summed E-state index contributed by atoms with van der Waals surface area (Å²) >= 11 is 0. The Kier molecular flexibility index (Phi) is 4.09. The number of hydrogen-bond acceptors (Lipinski definition) is 4. The summed E-state index contributed by atoms with van der Waals surface area (Å²) in [6, 6.07) is 3.10. The largest absolute Gasteiger partial charge is 0.475 e. The zero-order valence-corrected chi connectivity index (χ0v) is 9.74. The summed E-state index contributed by atoms with van der Waals surface area (Å²) in [5.74, 6) is -0.495. The number of ether oxygens (including phenoxy) is 1. The lowest BCUT2D eigenvalue weighted by Gasteiger charge is -2.24. The number of carboxylic acids is 1. The molecule has 0 amide bonds. The smallest absolute Gasteiger partial charge is 0.371 e. The fourth-order valence-corrected chi connectivity index (χ4v) is 1.33. The molecule has 16 heavy (non-hydrogen) atoms. The van der Waals surface area contributed by atoms with Gasteiger partial charge in [-0.3, -0.25) is 0 Å². The molecule has 0 aromatic carbocycles. The van der Waals surface area contributed by atoms with Gasteiger partial charge in [-0.2, -0.15) is 0 Å². The number of aromatic carboxylic acids is 1. The zero-order chi connectivity index (χ0) is 12.2. The molecule has 0 fully saturated rings. The summed E-state index contributed by atoms with van der Waals surface area (Å²) in [6.07, 6.45) is 0. The molecule has 0 radical (unpaired) electrons. The average molecular weight is 227 g/mol. The second-order valence-corrected chi connectivity index (χ2v) is 4.24. The zero-order valence-electron chi connectivity index (χ0n) is 9.74. The summed E-state index contributed by atoms with van der Waals surface area (Å²) < 4.78 is 10.2. The second-order valence-electron chi connectivity index (χ2n) is 4.24. The number of nitrogens with one attached hydrogen (secondary N) is 1. The van der Waals surface area contributed by atoms with E-state index in [1.165, 1.54) is 6.07 Å². The number of carboxylic acid groups (broad SMARTS) is 1. The van der Waals surface area contributed by atoms with Crippen LogP contribution in [0.5, 0.6) is 0 Å². The van der Waals surface area contributed by atoms with E-state index in [-0.39, 0.29) is 11.3 Å². The van der Waals surface area contributed by atoms with Crippen LogP contribution in [0.1, 0.15) is 30.2 Å². The van der Waals surface area contributed by atoms with Crippen molar-refractivity contribution >= 4 is 5.97 Å². The summed E-state index contributed by atoms with van der Waals surface area (Å²) in [6.45, 7) is 5.04. The highest BCUT2D eigenvalue weighted by molar-refractivity contribution is 5.84. The number of hydrogen-bond donors (Lipinski definition) is 2. The van der Waals surface area contributed by atoms with Crippen LogP contribution in [-0.4, -0.2) is 30.3 Å². The average Bonchev–Trinajstić information content (AvgIpc) is 2.63. The lowest BCUT2D eigenvalue weighted by Crippen LogP contribution is -2.42. The van der Waals surface area contributed by atoms with Crippen LogP contribution in [0.15, 0.2) is 16.5 Å². The molecule has 5 nitrogen and oxygen atoms in total. The Labute approximate surface area is 94.4 Å². The third kappa shape index (κ3) is 3.67. The SMILES string of the molecule is COCC(C)(C)NCc1ccc(C(=O)O)o1. The van der Waals surface area contributed by atoms with Gasteiger partial charge in [0, 0.05) is 12.6 Å². The molecule has 5 heteroatoms. The van der Waals surface area contributed by atoms with Crippen LogP contribution in [0, 0.1) is 0 Å². The Balaban J connectivity index is 2.51. The molecule has 1 heterocycles. The fraction of sp³-hybridized carbons (Fsp3) is 0.545. The molecular weight excluding hydrogens is 210 g/mol. The summed E-state index contributed by atoms with van der Waals surface area (Å²) in [5.41, 5.74) is -0.176. The summed E-state index contributed by atoms with van der Waals surface area (Å²) in [5, 5.41) is 11.9. The molecule has 1 aromatic rings. The first-order valence-electron chi connectivity index (χ1n) is 5.00. The highest BCUT2D eigenvalue weighted by Gasteiger charge is 2.17. The van der Waals surface area contributed by atoms with Crippen molar-refractivity contribution in [1.29, 1.82) is 0 Å². The van der Waals surface area contributed by atoms with E-state index in [4.69, 9.17) is 14.3 Å². The normalized spacial score (nSPS) is 11.7. The number of carbonyl (C=O) groups is 1. The molecule has 90 valence electrons. The molecule has 0 saturated carbocycles. The van der Waals surface area contributed by atoms with Crippen molar-refractivity contribution < 1.29 is 19.1 Å². The molecule has 0 bridgehead atoms. The Morgan fingerprint density at radius 1 is 1.56 bits per heavy atom. The first-order valence-corrected chi connectivity index (χ1v) is 5.00. The summed E-state index contributed by atoms with van der Waals surface area (Å²) in [7, 11) is 1.64. The molecule has 1 aromatic heterocycles. The van der Waals surface area contributed by atoms with Crippen LogP contribution in [0.2, 0.25) is 0 Å². The molecular formula is C11H17NO4. The van der Waals surface area contributed by atoms with Gasteiger partial charge in [-0.05, 0) is 26.0 Å². The molecule has 0 aliphatic rings. The van der Waals surface area contributed by atoms with E-state index >= 15 is 0 Å². The highest BCUT2D eigenvalue weighted by Crippen LogP contribution is 2.10. The van der Waals surface area contributed by atoms with E-state index in [2.05, 4.69) is 5.32 Å². The molecule has 1 rings (SSSR count). The van der Waals surface area contributed by atoms with Crippen LogP contribution >= 0.6 is 0 Å². The van der Waals surface area contributed by atoms with E-state index in [9.17, 15) is 4.79 Å². The molecule has 0 unspecified atom stereocenters. The van der Waals surface area contributed by atoms with Crippen molar-refractivity contribution in [2.45, 2.75) is 25.9 Å². The van der Waals surface area contributed by atoms with Crippen molar-refractivity contribution in [3.8, 4) is 0 Å². The Morgan fingerprint density at radius 2 is 2.25 bits per heavy atom. The molecule has 0 aliphatic carbocycles. The number of furan rings is 1. The minimum Gasteiger partial charge on any atom is -0.475 e. The maximum atomic E-state index is 10.6. The van der Waals surface area contributed by atoms with Crippen molar-refractivity contribution in [1.82, 2.24) is 5.32 Å². The predicted octanol–water partition coefficient (Wildman–Crippen LogP) is 1.49. The van der Waals surface area contributed by atoms with Crippen molar-refractivity contribution in [2.24, 2.45) is 0 Å². The van der Waals surface area contributed by atoms with Crippen LogP contribution in [0.3, 0.4) is 0 Å². The lowest BCUT2D eigenvalue weighted by atomic mass is 10.1. The maximum Gasteiger partial charge on any atom is 0.371 e. The van der Waals surface area contributed by atoms with Crippen LogP contribution < -0.4 is 5.32 Å². The third-order valence-electron chi connectivity index (χ3n) is 2.12. The number of methoxy groups -OCH3 is 1.